The van der Waals surface area contributed by atoms with Crippen LogP contribution in [-0.2, 0) is 10.4 Å². The van der Waals surface area contributed by atoms with Crippen molar-refractivity contribution in [1.82, 2.24) is 9.97 Å². The highest BCUT2D eigenvalue weighted by atomic mass is 35.5. The van der Waals surface area contributed by atoms with Crippen LogP contribution in [0.3, 0.4) is 0 Å². The number of benzene rings is 1. The molecule has 1 aromatic heterocycles. The van der Waals surface area contributed by atoms with Gasteiger partial charge in [-0.05, 0) is 70.7 Å². The molecule has 1 saturated heterocycles. The Hall–Kier alpha value is -2.18. The quantitative estimate of drug-likeness (QED) is 0.782. The number of fused-ring (bicyclic) bond motifs is 1. The van der Waals surface area contributed by atoms with Crippen molar-refractivity contribution >= 4 is 29.1 Å². The molecule has 0 aliphatic carbocycles. The van der Waals surface area contributed by atoms with Crippen molar-refractivity contribution in [2.45, 2.75) is 52.1 Å². The molecule has 1 atom stereocenters. The van der Waals surface area contributed by atoms with E-state index in [2.05, 4.69) is 14.9 Å². The number of anilines is 2. The van der Waals surface area contributed by atoms with Gasteiger partial charge in [0.25, 0.3) is 0 Å². The summed E-state index contributed by atoms with van der Waals surface area (Å²) in [6.45, 7) is 7.90. The number of amides is 1. The van der Waals surface area contributed by atoms with Crippen LogP contribution in [0, 0.1) is 19.8 Å². The fourth-order valence-electron chi connectivity index (χ4n) is 4.64. The first-order chi connectivity index (χ1) is 14.2. The lowest BCUT2D eigenvalue weighted by molar-refractivity contribution is -0.123. The van der Waals surface area contributed by atoms with Gasteiger partial charge in [-0.15, -0.1) is 0 Å². The molecular formula is C23H29ClN4O2. The first-order valence-electron chi connectivity index (χ1n) is 10.7. The number of nitrogens with zero attached hydrogens (tertiary/aromatic N) is 4. The van der Waals surface area contributed by atoms with E-state index in [1.165, 1.54) is 0 Å². The number of aromatic nitrogens is 2. The summed E-state index contributed by atoms with van der Waals surface area (Å²) < 4.78 is 0. The lowest BCUT2D eigenvalue weighted by atomic mass is 9.91. The zero-order valence-corrected chi connectivity index (χ0v) is 18.6. The average Bonchev–Trinajstić information content (AvgIpc) is 2.83. The van der Waals surface area contributed by atoms with E-state index in [1.807, 2.05) is 30.9 Å². The molecule has 0 spiro atoms. The van der Waals surface area contributed by atoms with E-state index in [-0.39, 0.29) is 11.8 Å². The lowest BCUT2D eigenvalue weighted by Crippen LogP contribution is -2.43. The van der Waals surface area contributed by atoms with E-state index < -0.39 is 5.60 Å². The van der Waals surface area contributed by atoms with Crippen LogP contribution in [0.4, 0.5) is 11.6 Å². The van der Waals surface area contributed by atoms with Gasteiger partial charge >= 0.3 is 0 Å². The number of aryl methyl sites for hydroxylation is 2. The molecule has 2 aromatic rings. The summed E-state index contributed by atoms with van der Waals surface area (Å²) in [6, 6.07) is 7.43. The van der Waals surface area contributed by atoms with E-state index in [0.29, 0.717) is 18.0 Å². The van der Waals surface area contributed by atoms with Crippen LogP contribution >= 0.6 is 11.6 Å². The minimum absolute atomic E-state index is 0.0428. The average molecular weight is 429 g/mol. The normalized spacial score (nSPS) is 22.6. The molecule has 1 amide bonds. The molecule has 2 aliphatic rings. The third kappa shape index (κ3) is 4.16. The Labute approximate surface area is 182 Å². The van der Waals surface area contributed by atoms with Crippen LogP contribution in [0.25, 0.3) is 0 Å². The Morgan fingerprint density at radius 2 is 1.80 bits per heavy atom. The van der Waals surface area contributed by atoms with Gasteiger partial charge < -0.3 is 14.9 Å². The van der Waals surface area contributed by atoms with Gasteiger partial charge in [-0.1, -0.05) is 11.6 Å². The number of carbonyl (C=O) groups is 1. The smallest absolute Gasteiger partial charge is 0.230 e. The Bertz CT molecular complexity index is 934. The monoisotopic (exact) mass is 428 g/mol. The van der Waals surface area contributed by atoms with Crippen molar-refractivity contribution in [2.24, 2.45) is 5.92 Å². The fourth-order valence-corrected chi connectivity index (χ4v) is 4.81. The second kappa shape index (κ2) is 8.16. The molecule has 2 aliphatic heterocycles. The van der Waals surface area contributed by atoms with E-state index in [1.54, 1.807) is 19.1 Å². The van der Waals surface area contributed by atoms with Crippen molar-refractivity contribution < 1.29 is 9.90 Å². The maximum absolute atomic E-state index is 13.5. The van der Waals surface area contributed by atoms with Gasteiger partial charge in [-0.2, -0.15) is 0 Å². The molecule has 1 aromatic carbocycles. The number of hydrogen-bond donors (Lipinski definition) is 1. The predicted molar refractivity (Wildman–Crippen MR) is 119 cm³/mol. The standard InChI is InChI=1S/C23H29ClN4O2/c1-15-13-16(2)26-22(25-15)27-11-7-17(8-12-27)21(29)28-10-4-9-23(3,30)19-14-18(24)5-6-20(19)28/h5-6,13-14,17,30H,4,7-12H2,1-3H3. The molecule has 1 fully saturated rings. The van der Waals surface area contributed by atoms with Crippen LogP contribution in [0.2, 0.25) is 5.02 Å². The van der Waals surface area contributed by atoms with Crippen LogP contribution in [0.5, 0.6) is 0 Å². The molecule has 0 saturated carbocycles. The lowest BCUT2D eigenvalue weighted by Gasteiger charge is -2.35. The summed E-state index contributed by atoms with van der Waals surface area (Å²) >= 11 is 6.20. The second-order valence-electron chi connectivity index (χ2n) is 8.74. The minimum Gasteiger partial charge on any atom is -0.385 e. The van der Waals surface area contributed by atoms with Gasteiger partial charge in [0.15, 0.2) is 0 Å². The van der Waals surface area contributed by atoms with Gasteiger partial charge in [0.1, 0.15) is 0 Å². The highest BCUT2D eigenvalue weighted by Crippen LogP contribution is 2.39. The number of piperidine rings is 1. The maximum Gasteiger partial charge on any atom is 0.230 e. The Balaban J connectivity index is 1.51. The topological polar surface area (TPSA) is 69.6 Å². The summed E-state index contributed by atoms with van der Waals surface area (Å²) in [6.07, 6.45) is 2.89. The molecule has 0 radical (unpaired) electrons. The molecule has 4 rings (SSSR count). The van der Waals surface area contributed by atoms with Crippen LogP contribution < -0.4 is 9.80 Å². The predicted octanol–water partition coefficient (Wildman–Crippen LogP) is 4.00. The third-order valence-electron chi connectivity index (χ3n) is 6.24. The molecule has 160 valence electrons. The second-order valence-corrected chi connectivity index (χ2v) is 9.18. The molecule has 1 unspecified atom stereocenters. The summed E-state index contributed by atoms with van der Waals surface area (Å²) in [5, 5.41) is 11.5. The molecule has 6 nitrogen and oxygen atoms in total. The molecule has 3 heterocycles. The summed E-state index contributed by atoms with van der Waals surface area (Å²) in [7, 11) is 0. The largest absolute Gasteiger partial charge is 0.385 e. The summed E-state index contributed by atoms with van der Waals surface area (Å²) in [4.78, 5) is 26.6. The first kappa shape index (κ1) is 21.1. The van der Waals surface area contributed by atoms with E-state index in [0.717, 1.165) is 60.9 Å². The molecule has 1 N–H and O–H groups in total. The maximum atomic E-state index is 13.5. The molecular weight excluding hydrogens is 400 g/mol. The first-order valence-corrected chi connectivity index (χ1v) is 11.0. The Morgan fingerprint density at radius 3 is 2.47 bits per heavy atom. The van der Waals surface area contributed by atoms with Gasteiger partial charge in [0, 0.05) is 53.2 Å². The Morgan fingerprint density at radius 1 is 1.13 bits per heavy atom. The van der Waals surface area contributed by atoms with Gasteiger partial charge in [0.05, 0.1) is 5.60 Å². The van der Waals surface area contributed by atoms with Crippen molar-refractivity contribution in [3.8, 4) is 0 Å². The van der Waals surface area contributed by atoms with Crippen LogP contribution in [0.1, 0.15) is 49.6 Å². The number of aliphatic hydroxyl groups is 1. The van der Waals surface area contributed by atoms with Crippen molar-refractivity contribution in [3.63, 3.8) is 0 Å². The van der Waals surface area contributed by atoms with Crippen molar-refractivity contribution in [3.05, 3.63) is 46.2 Å². The van der Waals surface area contributed by atoms with Crippen LogP contribution in [-0.4, -0.2) is 40.6 Å². The number of hydrogen-bond acceptors (Lipinski definition) is 5. The fraction of sp³-hybridized carbons (Fsp3) is 0.522. The zero-order valence-electron chi connectivity index (χ0n) is 17.9. The van der Waals surface area contributed by atoms with Crippen molar-refractivity contribution in [1.29, 1.82) is 0 Å². The summed E-state index contributed by atoms with van der Waals surface area (Å²) in [5.74, 6) is 0.847. The molecule has 7 heteroatoms. The van der Waals surface area contributed by atoms with E-state index in [9.17, 15) is 9.90 Å². The minimum atomic E-state index is -0.987. The van der Waals surface area contributed by atoms with Crippen molar-refractivity contribution in [2.75, 3.05) is 29.4 Å². The highest BCUT2D eigenvalue weighted by molar-refractivity contribution is 6.30. The van der Waals surface area contributed by atoms with E-state index in [4.69, 9.17) is 11.6 Å². The molecule has 30 heavy (non-hydrogen) atoms. The zero-order chi connectivity index (χ0) is 21.5. The molecule has 0 bridgehead atoms. The van der Waals surface area contributed by atoms with Crippen LogP contribution in [0.15, 0.2) is 24.3 Å². The SMILES string of the molecule is Cc1cc(C)nc(N2CCC(C(=O)N3CCCC(C)(O)c4cc(Cl)ccc43)CC2)n1. The van der Waals surface area contributed by atoms with Gasteiger partial charge in [-0.3, -0.25) is 4.79 Å². The van der Waals surface area contributed by atoms with Gasteiger partial charge in [0.2, 0.25) is 11.9 Å². The van der Waals surface area contributed by atoms with E-state index >= 15 is 0 Å². The summed E-state index contributed by atoms with van der Waals surface area (Å²) in [5.41, 5.74) is 2.46. The highest BCUT2D eigenvalue weighted by Gasteiger charge is 2.36. The Kier molecular flexibility index (Phi) is 5.73. The number of rotatable bonds is 2. The number of carbonyl (C=O) groups excluding carboxylic acids is 1. The van der Waals surface area contributed by atoms with Gasteiger partial charge in [-0.25, -0.2) is 9.97 Å². The third-order valence-corrected chi connectivity index (χ3v) is 6.47. The number of halogens is 1.